The summed E-state index contributed by atoms with van der Waals surface area (Å²) in [5, 5.41) is 4.24. The number of ether oxygens (including phenoxy) is 2. The first-order valence-electron chi connectivity index (χ1n) is 7.05. The van der Waals surface area contributed by atoms with Crippen molar-refractivity contribution in [3.63, 3.8) is 0 Å². The van der Waals surface area contributed by atoms with Crippen molar-refractivity contribution < 1.29 is 9.47 Å². The second-order valence-electron chi connectivity index (χ2n) is 5.53. The van der Waals surface area contributed by atoms with Crippen LogP contribution in [0.15, 0.2) is 12.1 Å². The van der Waals surface area contributed by atoms with Crippen LogP contribution in [0.3, 0.4) is 0 Å². The number of hydrogen-bond donors (Lipinski definition) is 1. The lowest BCUT2D eigenvalue weighted by atomic mass is 9.99. The van der Waals surface area contributed by atoms with E-state index >= 15 is 0 Å². The maximum atomic E-state index is 6.18. The van der Waals surface area contributed by atoms with Crippen LogP contribution in [-0.2, 0) is 6.54 Å². The third-order valence-corrected chi connectivity index (χ3v) is 4.50. The average molecular weight is 282 g/mol. The molecule has 0 spiro atoms. The van der Waals surface area contributed by atoms with E-state index in [2.05, 4.69) is 12.2 Å². The van der Waals surface area contributed by atoms with Gasteiger partial charge in [0.1, 0.15) is 0 Å². The van der Waals surface area contributed by atoms with Crippen molar-refractivity contribution in [2.45, 2.75) is 45.2 Å². The SMILES string of the molecule is C[C@H](NCc1cc(Cl)c2c(c1)OCO2)C1CCCC1. The summed E-state index contributed by atoms with van der Waals surface area (Å²) in [5.74, 6) is 2.26. The molecule has 1 aliphatic carbocycles. The van der Waals surface area contributed by atoms with Gasteiger partial charge in [0, 0.05) is 12.6 Å². The fourth-order valence-electron chi connectivity index (χ4n) is 3.03. The van der Waals surface area contributed by atoms with Crippen LogP contribution >= 0.6 is 11.6 Å². The fraction of sp³-hybridized carbons (Fsp3) is 0.600. The molecule has 1 aliphatic heterocycles. The van der Waals surface area contributed by atoms with Gasteiger partial charge in [0.25, 0.3) is 0 Å². The molecule has 0 radical (unpaired) electrons. The second kappa shape index (κ2) is 5.59. The zero-order chi connectivity index (χ0) is 13.2. The first kappa shape index (κ1) is 13.1. The summed E-state index contributed by atoms with van der Waals surface area (Å²) in [5.41, 5.74) is 1.15. The molecule has 1 fully saturated rings. The van der Waals surface area contributed by atoms with Gasteiger partial charge >= 0.3 is 0 Å². The third-order valence-electron chi connectivity index (χ3n) is 4.22. The van der Waals surface area contributed by atoms with Crippen molar-refractivity contribution in [1.82, 2.24) is 5.32 Å². The first-order chi connectivity index (χ1) is 9.24. The Bertz CT molecular complexity index is 458. The van der Waals surface area contributed by atoms with E-state index in [1.807, 2.05) is 12.1 Å². The Kier molecular flexibility index (Phi) is 3.85. The second-order valence-corrected chi connectivity index (χ2v) is 5.93. The van der Waals surface area contributed by atoms with Crippen LogP contribution in [0.2, 0.25) is 5.02 Å². The molecule has 4 heteroatoms. The van der Waals surface area contributed by atoms with Gasteiger partial charge in [-0.1, -0.05) is 24.4 Å². The molecule has 1 atom stereocenters. The standard InChI is InChI=1S/C15H20ClNO2/c1-10(12-4-2-3-5-12)17-8-11-6-13(16)15-14(7-11)18-9-19-15/h6-7,10,12,17H,2-5,8-9H2,1H3/t10-/m0/s1. The zero-order valence-electron chi connectivity index (χ0n) is 11.2. The maximum Gasteiger partial charge on any atom is 0.231 e. The predicted octanol–water partition coefficient (Wildman–Crippen LogP) is 3.74. The van der Waals surface area contributed by atoms with Crippen LogP contribution in [0.1, 0.15) is 38.2 Å². The molecule has 3 nitrogen and oxygen atoms in total. The molecule has 1 heterocycles. The van der Waals surface area contributed by atoms with Gasteiger partial charge in [-0.25, -0.2) is 0 Å². The Balaban J connectivity index is 1.62. The van der Waals surface area contributed by atoms with Crippen molar-refractivity contribution >= 4 is 11.6 Å². The molecule has 0 amide bonds. The molecule has 1 aromatic rings. The summed E-state index contributed by atoms with van der Waals surface area (Å²) in [6.07, 6.45) is 5.48. The minimum absolute atomic E-state index is 0.268. The highest BCUT2D eigenvalue weighted by Crippen LogP contribution is 2.39. The van der Waals surface area contributed by atoms with Gasteiger partial charge < -0.3 is 14.8 Å². The average Bonchev–Trinajstić information content (AvgIpc) is 3.06. The monoisotopic (exact) mass is 281 g/mol. The Labute approximate surface area is 119 Å². The van der Waals surface area contributed by atoms with E-state index < -0.39 is 0 Å². The minimum atomic E-state index is 0.268. The Morgan fingerprint density at radius 2 is 2.11 bits per heavy atom. The van der Waals surface area contributed by atoms with Gasteiger partial charge in [0.15, 0.2) is 11.5 Å². The summed E-state index contributed by atoms with van der Waals surface area (Å²) < 4.78 is 10.7. The van der Waals surface area contributed by atoms with Crippen molar-refractivity contribution in [3.8, 4) is 11.5 Å². The fourth-order valence-corrected chi connectivity index (χ4v) is 3.31. The molecule has 0 unspecified atom stereocenters. The van der Waals surface area contributed by atoms with E-state index in [0.29, 0.717) is 16.8 Å². The number of rotatable bonds is 4. The lowest BCUT2D eigenvalue weighted by Gasteiger charge is -2.20. The predicted molar refractivity (Wildman–Crippen MR) is 75.8 cm³/mol. The van der Waals surface area contributed by atoms with E-state index in [1.54, 1.807) is 0 Å². The molecule has 104 valence electrons. The molecule has 0 bridgehead atoms. The largest absolute Gasteiger partial charge is 0.454 e. The van der Waals surface area contributed by atoms with Crippen molar-refractivity contribution in [2.75, 3.05) is 6.79 Å². The molecular formula is C15H20ClNO2. The highest BCUT2D eigenvalue weighted by atomic mass is 35.5. The van der Waals surface area contributed by atoms with Crippen LogP contribution in [-0.4, -0.2) is 12.8 Å². The molecule has 19 heavy (non-hydrogen) atoms. The van der Waals surface area contributed by atoms with E-state index in [0.717, 1.165) is 23.8 Å². The topological polar surface area (TPSA) is 30.5 Å². The highest BCUT2D eigenvalue weighted by Gasteiger charge is 2.22. The van der Waals surface area contributed by atoms with Crippen LogP contribution < -0.4 is 14.8 Å². The number of hydrogen-bond acceptors (Lipinski definition) is 3. The summed E-state index contributed by atoms with van der Waals surface area (Å²) in [4.78, 5) is 0. The van der Waals surface area contributed by atoms with Gasteiger partial charge in [0.2, 0.25) is 6.79 Å². The number of halogens is 1. The van der Waals surface area contributed by atoms with E-state index in [4.69, 9.17) is 21.1 Å². The molecule has 3 rings (SSSR count). The molecule has 2 aliphatic rings. The molecule has 1 saturated carbocycles. The van der Waals surface area contributed by atoms with Gasteiger partial charge in [-0.05, 0) is 43.4 Å². The smallest absolute Gasteiger partial charge is 0.231 e. The summed E-state index contributed by atoms with van der Waals surface area (Å²) in [6, 6.07) is 4.54. The van der Waals surface area contributed by atoms with Crippen LogP contribution in [0.4, 0.5) is 0 Å². The molecule has 0 aromatic heterocycles. The van der Waals surface area contributed by atoms with Crippen LogP contribution in [0.25, 0.3) is 0 Å². The Morgan fingerprint density at radius 1 is 1.32 bits per heavy atom. The van der Waals surface area contributed by atoms with Crippen LogP contribution in [0.5, 0.6) is 11.5 Å². The summed E-state index contributed by atoms with van der Waals surface area (Å²) >= 11 is 6.18. The molecule has 1 aromatic carbocycles. The molecule has 1 N–H and O–H groups in total. The van der Waals surface area contributed by atoms with Crippen molar-refractivity contribution in [3.05, 3.63) is 22.7 Å². The summed E-state index contributed by atoms with van der Waals surface area (Å²) in [7, 11) is 0. The normalized spacial score (nSPS) is 19.9. The number of benzene rings is 1. The molecular weight excluding hydrogens is 262 g/mol. The van der Waals surface area contributed by atoms with Gasteiger partial charge in [0.05, 0.1) is 5.02 Å². The van der Waals surface area contributed by atoms with Gasteiger partial charge in [-0.15, -0.1) is 0 Å². The maximum absolute atomic E-state index is 6.18. The Hall–Kier alpha value is -0.930. The van der Waals surface area contributed by atoms with Crippen molar-refractivity contribution in [1.29, 1.82) is 0 Å². The summed E-state index contributed by atoms with van der Waals surface area (Å²) in [6.45, 7) is 3.38. The zero-order valence-corrected chi connectivity index (χ0v) is 12.0. The first-order valence-corrected chi connectivity index (χ1v) is 7.43. The quantitative estimate of drug-likeness (QED) is 0.912. The number of fused-ring (bicyclic) bond motifs is 1. The minimum Gasteiger partial charge on any atom is -0.454 e. The lowest BCUT2D eigenvalue weighted by Crippen LogP contribution is -2.31. The van der Waals surface area contributed by atoms with E-state index in [1.165, 1.54) is 25.7 Å². The van der Waals surface area contributed by atoms with E-state index in [9.17, 15) is 0 Å². The van der Waals surface area contributed by atoms with Crippen molar-refractivity contribution in [2.24, 2.45) is 5.92 Å². The van der Waals surface area contributed by atoms with E-state index in [-0.39, 0.29) is 6.79 Å². The lowest BCUT2D eigenvalue weighted by molar-refractivity contribution is 0.174. The Morgan fingerprint density at radius 3 is 2.89 bits per heavy atom. The highest BCUT2D eigenvalue weighted by molar-refractivity contribution is 6.32. The van der Waals surface area contributed by atoms with Gasteiger partial charge in [-0.2, -0.15) is 0 Å². The number of nitrogens with one attached hydrogen (secondary N) is 1. The third kappa shape index (κ3) is 2.82. The van der Waals surface area contributed by atoms with Gasteiger partial charge in [-0.3, -0.25) is 0 Å². The molecule has 0 saturated heterocycles. The van der Waals surface area contributed by atoms with Crippen LogP contribution in [0, 0.1) is 5.92 Å².